The first kappa shape index (κ1) is 16.9. The largest absolute Gasteiger partial charge is 0.352 e. The zero-order valence-corrected chi connectivity index (χ0v) is 15.4. The molecule has 3 aromatic rings. The molecule has 1 amide bonds. The minimum absolute atomic E-state index is 0.0484. The fourth-order valence-electron chi connectivity index (χ4n) is 2.40. The van der Waals surface area contributed by atoms with Crippen molar-refractivity contribution in [2.45, 2.75) is 19.4 Å². The van der Waals surface area contributed by atoms with Gasteiger partial charge in [0.25, 0.3) is 0 Å². The third-order valence-corrected chi connectivity index (χ3v) is 5.36. The Bertz CT molecular complexity index is 818. The topological polar surface area (TPSA) is 42.0 Å². The number of pyridine rings is 1. The highest BCUT2D eigenvalue weighted by Crippen LogP contribution is 2.24. The third kappa shape index (κ3) is 4.52. The van der Waals surface area contributed by atoms with Gasteiger partial charge in [-0.1, -0.05) is 40.2 Å². The van der Waals surface area contributed by atoms with E-state index in [-0.39, 0.29) is 5.91 Å². The van der Waals surface area contributed by atoms with Crippen LogP contribution in [0.1, 0.15) is 17.5 Å². The van der Waals surface area contributed by atoms with Crippen molar-refractivity contribution in [2.24, 2.45) is 0 Å². The van der Waals surface area contributed by atoms with Crippen LogP contribution in [0.15, 0.2) is 64.7 Å². The average Bonchev–Trinajstić information content (AvgIpc) is 3.14. The first-order chi connectivity index (χ1) is 11.7. The molecule has 0 bridgehead atoms. The van der Waals surface area contributed by atoms with Crippen LogP contribution >= 0.6 is 27.3 Å². The summed E-state index contributed by atoms with van der Waals surface area (Å²) < 4.78 is 1.05. The fourth-order valence-corrected chi connectivity index (χ4v) is 3.59. The molecule has 0 atom stereocenters. The summed E-state index contributed by atoms with van der Waals surface area (Å²) in [6, 6.07) is 14.2. The van der Waals surface area contributed by atoms with Crippen molar-refractivity contribution in [1.29, 1.82) is 0 Å². The van der Waals surface area contributed by atoms with Gasteiger partial charge >= 0.3 is 0 Å². The SMILES string of the molecule is O=C(CCc1ccccc1Br)NCc1cncc(-c2cccs2)c1. The summed E-state index contributed by atoms with van der Waals surface area (Å²) in [6.45, 7) is 0.501. The number of nitrogens with one attached hydrogen (secondary N) is 1. The maximum atomic E-state index is 12.1. The Morgan fingerprint density at radius 2 is 2.04 bits per heavy atom. The van der Waals surface area contributed by atoms with E-state index in [1.807, 2.05) is 41.9 Å². The van der Waals surface area contributed by atoms with Crippen molar-refractivity contribution >= 4 is 33.2 Å². The molecule has 1 N–H and O–H groups in total. The molecule has 0 aliphatic heterocycles. The van der Waals surface area contributed by atoms with Gasteiger partial charge in [0.05, 0.1) is 0 Å². The monoisotopic (exact) mass is 400 g/mol. The normalized spacial score (nSPS) is 10.5. The van der Waals surface area contributed by atoms with Gasteiger partial charge in [-0.15, -0.1) is 11.3 Å². The highest BCUT2D eigenvalue weighted by Gasteiger charge is 2.06. The van der Waals surface area contributed by atoms with Gasteiger partial charge in [-0.05, 0) is 41.1 Å². The highest BCUT2D eigenvalue weighted by molar-refractivity contribution is 9.10. The highest BCUT2D eigenvalue weighted by atomic mass is 79.9. The van der Waals surface area contributed by atoms with Crippen LogP contribution in [0.4, 0.5) is 0 Å². The zero-order valence-electron chi connectivity index (χ0n) is 13.0. The first-order valence-corrected chi connectivity index (χ1v) is 9.37. The maximum absolute atomic E-state index is 12.1. The number of halogens is 1. The number of benzene rings is 1. The lowest BCUT2D eigenvalue weighted by molar-refractivity contribution is -0.121. The number of aryl methyl sites for hydroxylation is 1. The Kier molecular flexibility index (Phi) is 5.77. The molecular formula is C19H17BrN2OS. The quantitative estimate of drug-likeness (QED) is 0.644. The molecule has 0 aliphatic rings. The average molecular weight is 401 g/mol. The van der Waals surface area contributed by atoms with Gasteiger partial charge in [-0.3, -0.25) is 9.78 Å². The second kappa shape index (κ2) is 8.22. The van der Waals surface area contributed by atoms with Crippen LogP contribution < -0.4 is 5.32 Å². The van der Waals surface area contributed by atoms with Crippen LogP contribution in [0.3, 0.4) is 0 Å². The summed E-state index contributed by atoms with van der Waals surface area (Å²) in [5.41, 5.74) is 3.24. The second-order valence-electron chi connectivity index (χ2n) is 5.43. The van der Waals surface area contributed by atoms with Crippen LogP contribution in [-0.4, -0.2) is 10.9 Å². The molecule has 0 fully saturated rings. The van der Waals surface area contributed by atoms with Crippen molar-refractivity contribution in [1.82, 2.24) is 10.3 Å². The van der Waals surface area contributed by atoms with Crippen molar-refractivity contribution in [2.75, 3.05) is 0 Å². The predicted octanol–water partition coefficient (Wildman–Crippen LogP) is 4.82. The summed E-state index contributed by atoms with van der Waals surface area (Å²) in [7, 11) is 0. The number of amides is 1. The molecule has 0 unspecified atom stereocenters. The third-order valence-electron chi connectivity index (χ3n) is 3.67. The number of aromatic nitrogens is 1. The maximum Gasteiger partial charge on any atom is 0.220 e. The molecule has 5 heteroatoms. The number of rotatable bonds is 6. The summed E-state index contributed by atoms with van der Waals surface area (Å²) in [5.74, 6) is 0.0484. The van der Waals surface area contributed by atoms with Crippen molar-refractivity contribution in [3.8, 4) is 10.4 Å². The van der Waals surface area contributed by atoms with E-state index in [1.165, 1.54) is 4.88 Å². The molecule has 0 spiro atoms. The Hall–Kier alpha value is -1.98. The van der Waals surface area contributed by atoms with E-state index in [2.05, 4.69) is 38.4 Å². The minimum atomic E-state index is 0.0484. The van der Waals surface area contributed by atoms with Crippen LogP contribution in [0, 0.1) is 0 Å². The van der Waals surface area contributed by atoms with E-state index in [1.54, 1.807) is 17.5 Å². The molecule has 0 aliphatic carbocycles. The van der Waals surface area contributed by atoms with Crippen LogP contribution in [-0.2, 0) is 17.8 Å². The summed E-state index contributed by atoms with van der Waals surface area (Å²) in [5, 5.41) is 5.02. The van der Waals surface area contributed by atoms with Gasteiger partial charge in [0.15, 0.2) is 0 Å². The molecule has 3 nitrogen and oxygen atoms in total. The lowest BCUT2D eigenvalue weighted by atomic mass is 10.1. The van der Waals surface area contributed by atoms with E-state index >= 15 is 0 Å². The van der Waals surface area contributed by atoms with E-state index in [0.717, 1.165) is 27.6 Å². The van der Waals surface area contributed by atoms with Gasteiger partial charge in [-0.2, -0.15) is 0 Å². The molecule has 24 heavy (non-hydrogen) atoms. The van der Waals surface area contributed by atoms with E-state index in [9.17, 15) is 4.79 Å². The van der Waals surface area contributed by atoms with E-state index in [0.29, 0.717) is 13.0 Å². The van der Waals surface area contributed by atoms with Crippen molar-refractivity contribution < 1.29 is 4.79 Å². The van der Waals surface area contributed by atoms with Crippen LogP contribution in [0.25, 0.3) is 10.4 Å². The first-order valence-electron chi connectivity index (χ1n) is 7.70. The lowest BCUT2D eigenvalue weighted by Gasteiger charge is -2.07. The lowest BCUT2D eigenvalue weighted by Crippen LogP contribution is -2.23. The number of thiophene rings is 1. The summed E-state index contributed by atoms with van der Waals surface area (Å²) in [6.07, 6.45) is 4.84. The second-order valence-corrected chi connectivity index (χ2v) is 7.23. The van der Waals surface area contributed by atoms with E-state index < -0.39 is 0 Å². The van der Waals surface area contributed by atoms with Crippen molar-refractivity contribution in [3.63, 3.8) is 0 Å². The number of carbonyl (C=O) groups excluding carboxylic acids is 1. The predicted molar refractivity (Wildman–Crippen MR) is 102 cm³/mol. The van der Waals surface area contributed by atoms with Gasteiger partial charge in [0.2, 0.25) is 5.91 Å². The van der Waals surface area contributed by atoms with Gasteiger partial charge in [-0.25, -0.2) is 0 Å². The van der Waals surface area contributed by atoms with Crippen LogP contribution in [0.5, 0.6) is 0 Å². The number of hydrogen-bond donors (Lipinski definition) is 1. The molecule has 0 saturated heterocycles. The molecule has 122 valence electrons. The molecule has 2 aromatic heterocycles. The van der Waals surface area contributed by atoms with Gasteiger partial charge < -0.3 is 5.32 Å². The molecule has 0 radical (unpaired) electrons. The summed E-state index contributed by atoms with van der Waals surface area (Å²) in [4.78, 5) is 17.5. The molecule has 0 saturated carbocycles. The fraction of sp³-hybridized carbons (Fsp3) is 0.158. The molecule has 2 heterocycles. The summed E-state index contributed by atoms with van der Waals surface area (Å²) >= 11 is 5.19. The number of nitrogens with zero attached hydrogens (tertiary/aromatic N) is 1. The Balaban J connectivity index is 1.53. The number of hydrogen-bond acceptors (Lipinski definition) is 3. The van der Waals surface area contributed by atoms with Crippen LogP contribution in [0.2, 0.25) is 0 Å². The Labute approximate surface area is 153 Å². The minimum Gasteiger partial charge on any atom is -0.352 e. The van der Waals surface area contributed by atoms with E-state index in [4.69, 9.17) is 0 Å². The van der Waals surface area contributed by atoms with Gasteiger partial charge in [0.1, 0.15) is 0 Å². The van der Waals surface area contributed by atoms with Crippen molar-refractivity contribution in [3.05, 3.63) is 75.8 Å². The number of carbonyl (C=O) groups is 1. The Morgan fingerprint density at radius 1 is 1.17 bits per heavy atom. The van der Waals surface area contributed by atoms with Gasteiger partial charge in [0, 0.05) is 40.3 Å². The molecule has 1 aromatic carbocycles. The smallest absolute Gasteiger partial charge is 0.220 e. The zero-order chi connectivity index (χ0) is 16.8. The Morgan fingerprint density at radius 3 is 2.83 bits per heavy atom. The molecule has 3 rings (SSSR count). The standard InChI is InChI=1S/C19H17BrN2OS/c20-17-5-2-1-4-15(17)7-8-19(23)22-12-14-10-16(13-21-11-14)18-6-3-9-24-18/h1-6,9-11,13H,7-8,12H2,(H,22,23). The molecular weight excluding hydrogens is 384 g/mol.